The summed E-state index contributed by atoms with van der Waals surface area (Å²) in [6.07, 6.45) is 4.76. The number of rotatable bonds is 7. The minimum Gasteiger partial charge on any atom is -0.481 e. The van der Waals surface area contributed by atoms with Crippen molar-refractivity contribution < 1.29 is 19.4 Å². The highest BCUT2D eigenvalue weighted by molar-refractivity contribution is 7.99. The predicted octanol–water partition coefficient (Wildman–Crippen LogP) is 1.27. The van der Waals surface area contributed by atoms with E-state index < -0.39 is 11.6 Å². The van der Waals surface area contributed by atoms with Crippen LogP contribution >= 0.6 is 11.8 Å². The van der Waals surface area contributed by atoms with Crippen molar-refractivity contribution in [1.82, 2.24) is 5.32 Å². The van der Waals surface area contributed by atoms with Crippen LogP contribution in [0.4, 0.5) is 0 Å². The monoisotopic (exact) mass is 275 g/mol. The standard InChI is InChI=1S/C12H21NO4S/c1-17-12(5-3-2-4-6-12)11(16)13-7-8-18-9-10(14)15/h2-9H2,1H3,(H,13,16)(H,14,15). The van der Waals surface area contributed by atoms with Crippen molar-refractivity contribution in [2.24, 2.45) is 0 Å². The number of thioether (sulfide) groups is 1. The minimum absolute atomic E-state index is 0.0550. The van der Waals surface area contributed by atoms with Crippen LogP contribution in [0, 0.1) is 0 Å². The molecule has 0 aliphatic heterocycles. The molecule has 18 heavy (non-hydrogen) atoms. The Hall–Kier alpha value is -0.750. The largest absolute Gasteiger partial charge is 0.481 e. The van der Waals surface area contributed by atoms with E-state index in [4.69, 9.17) is 9.84 Å². The molecule has 1 rings (SSSR count). The highest BCUT2D eigenvalue weighted by Gasteiger charge is 2.39. The summed E-state index contributed by atoms with van der Waals surface area (Å²) in [4.78, 5) is 22.4. The van der Waals surface area contributed by atoms with Crippen LogP contribution in [-0.4, -0.2) is 47.7 Å². The second kappa shape index (κ2) is 7.63. The molecule has 0 aromatic heterocycles. The second-order valence-corrected chi connectivity index (χ2v) is 5.57. The molecule has 0 aromatic carbocycles. The van der Waals surface area contributed by atoms with Gasteiger partial charge in [0, 0.05) is 19.4 Å². The number of carbonyl (C=O) groups is 2. The van der Waals surface area contributed by atoms with Gasteiger partial charge in [-0.3, -0.25) is 9.59 Å². The molecule has 1 aliphatic rings. The molecular formula is C12H21NO4S. The minimum atomic E-state index is -0.827. The van der Waals surface area contributed by atoms with Gasteiger partial charge in [0.15, 0.2) is 0 Å². The summed E-state index contributed by atoms with van der Waals surface area (Å²) in [6, 6.07) is 0. The van der Waals surface area contributed by atoms with E-state index in [1.54, 1.807) is 7.11 Å². The van der Waals surface area contributed by atoms with Crippen molar-refractivity contribution in [1.29, 1.82) is 0 Å². The van der Waals surface area contributed by atoms with Gasteiger partial charge in [0.1, 0.15) is 5.60 Å². The maximum atomic E-state index is 12.1. The number of hydrogen-bond acceptors (Lipinski definition) is 4. The number of ether oxygens (including phenoxy) is 1. The Kier molecular flexibility index (Phi) is 6.49. The molecule has 1 amide bonds. The van der Waals surface area contributed by atoms with Gasteiger partial charge in [0.05, 0.1) is 5.75 Å². The maximum absolute atomic E-state index is 12.1. The molecule has 0 spiro atoms. The van der Waals surface area contributed by atoms with E-state index in [1.807, 2.05) is 0 Å². The number of carboxylic acid groups (broad SMARTS) is 1. The van der Waals surface area contributed by atoms with Crippen LogP contribution in [0.5, 0.6) is 0 Å². The summed E-state index contributed by atoms with van der Waals surface area (Å²) < 4.78 is 5.42. The normalized spacial score (nSPS) is 18.3. The Morgan fingerprint density at radius 1 is 1.33 bits per heavy atom. The molecule has 6 heteroatoms. The van der Waals surface area contributed by atoms with E-state index in [0.717, 1.165) is 32.1 Å². The van der Waals surface area contributed by atoms with Crippen LogP contribution in [0.3, 0.4) is 0 Å². The third kappa shape index (κ3) is 4.49. The van der Waals surface area contributed by atoms with E-state index in [2.05, 4.69) is 5.32 Å². The molecular weight excluding hydrogens is 254 g/mol. The van der Waals surface area contributed by atoms with E-state index in [0.29, 0.717) is 12.3 Å². The summed E-state index contributed by atoms with van der Waals surface area (Å²) >= 11 is 1.30. The quantitative estimate of drug-likeness (QED) is 0.684. The zero-order valence-corrected chi connectivity index (χ0v) is 11.6. The predicted molar refractivity (Wildman–Crippen MR) is 70.8 cm³/mol. The molecule has 0 unspecified atom stereocenters. The zero-order valence-electron chi connectivity index (χ0n) is 10.7. The fourth-order valence-electron chi connectivity index (χ4n) is 2.20. The topological polar surface area (TPSA) is 75.6 Å². The Labute approximate surface area is 112 Å². The number of carboxylic acids is 1. The lowest BCUT2D eigenvalue weighted by molar-refractivity contribution is -0.147. The molecule has 2 N–H and O–H groups in total. The van der Waals surface area contributed by atoms with E-state index in [1.165, 1.54) is 11.8 Å². The Morgan fingerprint density at radius 3 is 2.56 bits per heavy atom. The fraction of sp³-hybridized carbons (Fsp3) is 0.833. The van der Waals surface area contributed by atoms with Crippen molar-refractivity contribution in [2.45, 2.75) is 37.7 Å². The van der Waals surface area contributed by atoms with E-state index in [-0.39, 0.29) is 11.7 Å². The average molecular weight is 275 g/mol. The fourth-order valence-corrected chi connectivity index (χ4v) is 2.77. The lowest BCUT2D eigenvalue weighted by Crippen LogP contribution is -2.50. The van der Waals surface area contributed by atoms with Crippen molar-refractivity contribution in [3.05, 3.63) is 0 Å². The Balaban J connectivity index is 2.27. The lowest BCUT2D eigenvalue weighted by atomic mass is 9.84. The number of nitrogens with one attached hydrogen (secondary N) is 1. The van der Waals surface area contributed by atoms with Gasteiger partial charge < -0.3 is 15.2 Å². The van der Waals surface area contributed by atoms with Crippen LogP contribution in [0.25, 0.3) is 0 Å². The highest BCUT2D eigenvalue weighted by Crippen LogP contribution is 2.31. The number of methoxy groups -OCH3 is 1. The molecule has 0 radical (unpaired) electrons. The molecule has 0 heterocycles. The van der Waals surface area contributed by atoms with Gasteiger partial charge in [-0.2, -0.15) is 0 Å². The van der Waals surface area contributed by atoms with Gasteiger partial charge in [0.25, 0.3) is 5.91 Å². The molecule has 1 saturated carbocycles. The van der Waals surface area contributed by atoms with Crippen LogP contribution in [-0.2, 0) is 14.3 Å². The third-order valence-corrected chi connectivity index (χ3v) is 4.17. The van der Waals surface area contributed by atoms with Crippen LogP contribution in [0.1, 0.15) is 32.1 Å². The smallest absolute Gasteiger partial charge is 0.313 e. The summed E-state index contributed by atoms with van der Waals surface area (Å²) in [5.74, 6) is -0.198. The first-order valence-electron chi connectivity index (χ1n) is 6.24. The molecule has 1 aliphatic carbocycles. The van der Waals surface area contributed by atoms with Crippen LogP contribution in [0.2, 0.25) is 0 Å². The maximum Gasteiger partial charge on any atom is 0.313 e. The summed E-state index contributed by atoms with van der Waals surface area (Å²) in [6.45, 7) is 0.488. The summed E-state index contributed by atoms with van der Waals surface area (Å²) in [5.41, 5.74) is -0.657. The van der Waals surface area contributed by atoms with Gasteiger partial charge in [-0.05, 0) is 12.8 Å². The van der Waals surface area contributed by atoms with E-state index >= 15 is 0 Å². The van der Waals surface area contributed by atoms with Crippen LogP contribution < -0.4 is 5.32 Å². The van der Waals surface area contributed by atoms with E-state index in [9.17, 15) is 9.59 Å². The molecule has 0 atom stereocenters. The van der Waals surface area contributed by atoms with Crippen molar-refractivity contribution in [3.8, 4) is 0 Å². The van der Waals surface area contributed by atoms with Gasteiger partial charge in [-0.1, -0.05) is 19.3 Å². The van der Waals surface area contributed by atoms with Crippen molar-refractivity contribution in [2.75, 3.05) is 25.2 Å². The molecule has 104 valence electrons. The van der Waals surface area contributed by atoms with Gasteiger partial charge in [-0.25, -0.2) is 0 Å². The summed E-state index contributed by atoms with van der Waals surface area (Å²) in [5, 5.41) is 11.3. The molecule has 1 fully saturated rings. The van der Waals surface area contributed by atoms with Gasteiger partial charge in [0.2, 0.25) is 0 Å². The SMILES string of the molecule is COC1(C(=O)NCCSCC(=O)O)CCCCC1. The van der Waals surface area contributed by atoms with Gasteiger partial charge >= 0.3 is 5.97 Å². The number of aliphatic carboxylic acids is 1. The Bertz CT molecular complexity index is 290. The first-order chi connectivity index (χ1) is 8.60. The highest BCUT2D eigenvalue weighted by atomic mass is 32.2. The number of amides is 1. The molecule has 0 saturated heterocycles. The number of hydrogen-bond donors (Lipinski definition) is 2. The van der Waals surface area contributed by atoms with Crippen LogP contribution in [0.15, 0.2) is 0 Å². The van der Waals surface area contributed by atoms with Crippen molar-refractivity contribution >= 4 is 23.6 Å². The first kappa shape index (κ1) is 15.3. The first-order valence-corrected chi connectivity index (χ1v) is 7.39. The number of carbonyl (C=O) groups excluding carboxylic acids is 1. The average Bonchev–Trinajstić information content (AvgIpc) is 2.38. The summed E-state index contributed by atoms with van der Waals surface area (Å²) in [7, 11) is 1.59. The zero-order chi connectivity index (χ0) is 13.4. The van der Waals surface area contributed by atoms with Gasteiger partial charge in [-0.15, -0.1) is 11.8 Å². The Morgan fingerprint density at radius 2 is 2.00 bits per heavy atom. The lowest BCUT2D eigenvalue weighted by Gasteiger charge is -2.34. The molecule has 0 aromatic rings. The second-order valence-electron chi connectivity index (χ2n) is 4.46. The third-order valence-electron chi connectivity index (χ3n) is 3.22. The molecule has 0 bridgehead atoms. The van der Waals surface area contributed by atoms with Crippen molar-refractivity contribution in [3.63, 3.8) is 0 Å². The molecule has 5 nitrogen and oxygen atoms in total.